The maximum atomic E-state index is 13.5. The minimum absolute atomic E-state index is 0.140. The summed E-state index contributed by atoms with van der Waals surface area (Å²) in [5.41, 5.74) is 2.46. The first kappa shape index (κ1) is 25.7. The van der Waals surface area contributed by atoms with Crippen molar-refractivity contribution in [1.29, 1.82) is 0 Å². The summed E-state index contributed by atoms with van der Waals surface area (Å²) in [6.45, 7) is 3.57. The zero-order chi connectivity index (χ0) is 24.7. The molecule has 0 aliphatic heterocycles. The molecule has 1 aliphatic carbocycles. The molecule has 0 bridgehead atoms. The Kier molecular flexibility index (Phi) is 8.72. The first-order valence-corrected chi connectivity index (χ1v) is 13.7. The van der Waals surface area contributed by atoms with Crippen molar-refractivity contribution in [3.05, 3.63) is 65.7 Å². The lowest BCUT2D eigenvalue weighted by Crippen LogP contribution is -2.53. The van der Waals surface area contributed by atoms with Gasteiger partial charge in [0.15, 0.2) is 0 Å². The Bertz CT molecular complexity index is 1060. The van der Waals surface area contributed by atoms with Crippen molar-refractivity contribution in [1.82, 2.24) is 10.2 Å². The van der Waals surface area contributed by atoms with E-state index in [0.29, 0.717) is 18.7 Å². The molecule has 3 rings (SSSR count). The van der Waals surface area contributed by atoms with Gasteiger partial charge in [0.2, 0.25) is 21.8 Å². The number of hydrogen-bond donors (Lipinski definition) is 1. The van der Waals surface area contributed by atoms with Gasteiger partial charge in [-0.1, -0.05) is 60.9 Å². The predicted molar refractivity (Wildman–Crippen MR) is 135 cm³/mol. The number of aryl methyl sites for hydroxylation is 1. The number of carbonyl (C=O) groups excluding carboxylic acids is 2. The Hall–Kier alpha value is -2.87. The van der Waals surface area contributed by atoms with Gasteiger partial charge in [-0.2, -0.15) is 0 Å². The highest BCUT2D eigenvalue weighted by Gasteiger charge is 2.31. The minimum atomic E-state index is -3.71. The minimum Gasteiger partial charge on any atom is -0.352 e. The fraction of sp³-hybridized carbons (Fsp3) is 0.462. The van der Waals surface area contributed by atoms with Gasteiger partial charge in [0, 0.05) is 12.6 Å². The molecule has 1 fully saturated rings. The van der Waals surface area contributed by atoms with Gasteiger partial charge < -0.3 is 10.2 Å². The molecule has 2 aromatic rings. The van der Waals surface area contributed by atoms with Crippen LogP contribution in [0.2, 0.25) is 0 Å². The van der Waals surface area contributed by atoms with Crippen LogP contribution in [0.25, 0.3) is 0 Å². The van der Waals surface area contributed by atoms with Crippen LogP contribution in [0, 0.1) is 6.92 Å². The van der Waals surface area contributed by atoms with Crippen LogP contribution in [0.1, 0.15) is 43.7 Å². The summed E-state index contributed by atoms with van der Waals surface area (Å²) in [5.74, 6) is -0.606. The van der Waals surface area contributed by atoms with E-state index in [4.69, 9.17) is 0 Å². The van der Waals surface area contributed by atoms with Crippen molar-refractivity contribution < 1.29 is 18.0 Å². The summed E-state index contributed by atoms with van der Waals surface area (Å²) in [4.78, 5) is 28.0. The van der Waals surface area contributed by atoms with Crippen LogP contribution in [-0.4, -0.2) is 56.6 Å². The fourth-order valence-corrected chi connectivity index (χ4v) is 5.14. The number of rotatable bonds is 10. The summed E-state index contributed by atoms with van der Waals surface area (Å²) in [7, 11) is -3.71. The van der Waals surface area contributed by atoms with E-state index >= 15 is 0 Å². The highest BCUT2D eigenvalue weighted by molar-refractivity contribution is 7.92. The fourth-order valence-electron chi connectivity index (χ4n) is 4.29. The van der Waals surface area contributed by atoms with Crippen LogP contribution in [-0.2, 0) is 26.0 Å². The summed E-state index contributed by atoms with van der Waals surface area (Å²) >= 11 is 0. The van der Waals surface area contributed by atoms with Gasteiger partial charge in [0.1, 0.15) is 12.6 Å². The first-order chi connectivity index (χ1) is 16.1. The molecule has 8 heteroatoms. The van der Waals surface area contributed by atoms with E-state index in [1.807, 2.05) is 49.4 Å². The number of carbonyl (C=O) groups is 2. The van der Waals surface area contributed by atoms with Crippen molar-refractivity contribution in [2.75, 3.05) is 23.7 Å². The summed E-state index contributed by atoms with van der Waals surface area (Å²) < 4.78 is 26.2. The molecule has 0 aromatic heterocycles. The lowest BCUT2D eigenvalue weighted by atomic mass is 10.1. The van der Waals surface area contributed by atoms with Crippen LogP contribution >= 0.6 is 0 Å². The second-order valence-corrected chi connectivity index (χ2v) is 11.0. The van der Waals surface area contributed by atoms with Gasteiger partial charge in [0.05, 0.1) is 11.9 Å². The molecule has 1 aliphatic rings. The molecule has 2 amide bonds. The largest absolute Gasteiger partial charge is 0.352 e. The third-order valence-corrected chi connectivity index (χ3v) is 7.49. The molecule has 34 heavy (non-hydrogen) atoms. The van der Waals surface area contributed by atoms with E-state index in [0.717, 1.165) is 47.4 Å². The molecule has 184 valence electrons. The van der Waals surface area contributed by atoms with Crippen LogP contribution in [0.4, 0.5) is 5.69 Å². The van der Waals surface area contributed by atoms with Gasteiger partial charge in [-0.3, -0.25) is 13.9 Å². The molecule has 1 N–H and O–H groups in total. The molecule has 1 saturated carbocycles. The molecule has 0 spiro atoms. The number of hydrogen-bond acceptors (Lipinski definition) is 4. The number of amides is 2. The third kappa shape index (κ3) is 7.06. The van der Waals surface area contributed by atoms with E-state index in [9.17, 15) is 18.0 Å². The predicted octanol–water partition coefficient (Wildman–Crippen LogP) is 3.28. The van der Waals surface area contributed by atoms with Crippen molar-refractivity contribution in [2.45, 2.75) is 58.0 Å². The normalized spacial score (nSPS) is 15.0. The molecule has 1 unspecified atom stereocenters. The average molecular weight is 486 g/mol. The maximum Gasteiger partial charge on any atom is 0.244 e. The van der Waals surface area contributed by atoms with Crippen molar-refractivity contribution in [2.24, 2.45) is 0 Å². The van der Waals surface area contributed by atoms with Crippen molar-refractivity contribution in [3.63, 3.8) is 0 Å². The van der Waals surface area contributed by atoms with Crippen molar-refractivity contribution >= 4 is 27.5 Å². The number of sulfonamides is 1. The Morgan fingerprint density at radius 1 is 1.03 bits per heavy atom. The van der Waals surface area contributed by atoms with Crippen LogP contribution < -0.4 is 9.62 Å². The number of nitrogens with one attached hydrogen (secondary N) is 1. The molecule has 0 heterocycles. The van der Waals surface area contributed by atoms with Gasteiger partial charge in [-0.25, -0.2) is 8.42 Å². The van der Waals surface area contributed by atoms with Gasteiger partial charge in [-0.15, -0.1) is 0 Å². The molecule has 1 atom stereocenters. The Morgan fingerprint density at radius 3 is 2.24 bits per heavy atom. The standard InChI is InChI=1S/C26H35N3O4S/c1-20-13-15-24(16-14-20)29(34(3,32)33)19-25(30)28(18-17-22-9-5-4-6-10-22)21(2)26(31)27-23-11-7-8-12-23/h4-6,9-10,13-16,21,23H,7-8,11-12,17-19H2,1-3H3,(H,27,31). The third-order valence-electron chi connectivity index (χ3n) is 6.35. The maximum absolute atomic E-state index is 13.5. The average Bonchev–Trinajstić information content (AvgIpc) is 3.31. The van der Waals surface area contributed by atoms with Gasteiger partial charge in [-0.05, 0) is 50.8 Å². The number of anilines is 1. The second-order valence-electron chi connectivity index (χ2n) is 9.09. The van der Waals surface area contributed by atoms with E-state index in [1.165, 1.54) is 4.90 Å². The van der Waals surface area contributed by atoms with E-state index in [2.05, 4.69) is 5.32 Å². The van der Waals surface area contributed by atoms with Gasteiger partial charge >= 0.3 is 0 Å². The van der Waals surface area contributed by atoms with Crippen LogP contribution in [0.3, 0.4) is 0 Å². The summed E-state index contributed by atoms with van der Waals surface area (Å²) in [6, 6.07) is 16.2. The quantitative estimate of drug-likeness (QED) is 0.560. The highest BCUT2D eigenvalue weighted by atomic mass is 32.2. The molecule has 2 aromatic carbocycles. The lowest BCUT2D eigenvalue weighted by molar-refractivity contribution is -0.139. The van der Waals surface area contributed by atoms with Crippen LogP contribution in [0.15, 0.2) is 54.6 Å². The number of nitrogens with zero attached hydrogens (tertiary/aromatic N) is 2. The Balaban J connectivity index is 1.81. The van der Waals surface area contributed by atoms with Crippen LogP contribution in [0.5, 0.6) is 0 Å². The monoisotopic (exact) mass is 485 g/mol. The molecular formula is C26H35N3O4S. The number of benzene rings is 2. The van der Waals surface area contributed by atoms with Gasteiger partial charge in [0.25, 0.3) is 0 Å². The molecule has 0 radical (unpaired) electrons. The molecular weight excluding hydrogens is 450 g/mol. The first-order valence-electron chi connectivity index (χ1n) is 11.8. The lowest BCUT2D eigenvalue weighted by Gasteiger charge is -2.32. The van der Waals surface area contributed by atoms with Crippen molar-refractivity contribution in [3.8, 4) is 0 Å². The topological polar surface area (TPSA) is 86.8 Å². The molecule has 0 saturated heterocycles. The second kappa shape index (κ2) is 11.5. The van der Waals surface area contributed by atoms with E-state index < -0.39 is 22.0 Å². The Labute approximate surface area is 203 Å². The smallest absolute Gasteiger partial charge is 0.244 e. The summed E-state index contributed by atoms with van der Waals surface area (Å²) in [5, 5.41) is 3.07. The zero-order valence-corrected chi connectivity index (χ0v) is 21.1. The summed E-state index contributed by atoms with van der Waals surface area (Å²) in [6.07, 6.45) is 5.74. The zero-order valence-electron chi connectivity index (χ0n) is 20.2. The highest BCUT2D eigenvalue weighted by Crippen LogP contribution is 2.20. The Morgan fingerprint density at radius 2 is 1.65 bits per heavy atom. The SMILES string of the molecule is Cc1ccc(N(CC(=O)N(CCc2ccccc2)C(C)C(=O)NC2CCCC2)S(C)(=O)=O)cc1. The van der Waals surface area contributed by atoms with E-state index in [1.54, 1.807) is 19.1 Å². The molecule has 7 nitrogen and oxygen atoms in total. The van der Waals surface area contributed by atoms with E-state index in [-0.39, 0.29) is 18.5 Å².